The largest absolute Gasteiger partial charge is 0.370 e. The standard InChI is InChI=1S/C32H40Cl2N6O4/c1-18-5-4-12-39(19(18)2)38-29(41)25-16-32-9-6-26(44-32)27(30(42)37-24-14-22(33)13-23(34)15-24)28(32)31(43)40(25)20(3)36-17-21-7-10-35-11-8-21/h7-8,10-11,13-15,18-20,25-28,36H,4-6,9,12,16-17H2,1-3H3,(H,37,42)(H,38,41). The average molecular weight is 644 g/mol. The summed E-state index contributed by atoms with van der Waals surface area (Å²) in [5, 5.41) is 9.16. The Morgan fingerprint density at radius 3 is 2.57 bits per heavy atom. The van der Waals surface area contributed by atoms with Gasteiger partial charge in [-0.2, -0.15) is 0 Å². The average Bonchev–Trinajstić information content (AvgIpc) is 3.54. The molecule has 4 aliphatic heterocycles. The minimum absolute atomic E-state index is 0.181. The molecule has 6 rings (SSSR count). The maximum Gasteiger partial charge on any atom is 0.257 e. The number of halogens is 2. The number of ether oxygens (including phenoxy) is 1. The van der Waals surface area contributed by atoms with Gasteiger partial charge in [-0.15, -0.1) is 0 Å². The number of aromatic nitrogens is 1. The number of nitrogens with zero attached hydrogens (tertiary/aromatic N) is 3. The molecule has 10 nitrogen and oxygen atoms in total. The molecule has 4 fully saturated rings. The molecule has 3 amide bonds. The Hall–Kier alpha value is -2.76. The topological polar surface area (TPSA) is 116 Å². The Bertz CT molecular complexity index is 1390. The van der Waals surface area contributed by atoms with Gasteiger partial charge in [-0.25, -0.2) is 5.01 Å². The van der Waals surface area contributed by atoms with Crippen molar-refractivity contribution in [1.82, 2.24) is 25.6 Å². The van der Waals surface area contributed by atoms with E-state index in [1.807, 2.05) is 24.1 Å². The molecule has 1 aromatic heterocycles. The smallest absolute Gasteiger partial charge is 0.257 e. The molecule has 8 unspecified atom stereocenters. The number of fused-ring (bicyclic) bond motifs is 1. The number of amides is 3. The SMILES string of the molecule is CC1CCCN(NC(=O)C2CC34CCC(O3)C(C(=O)Nc3cc(Cl)cc(Cl)c3)C4C(=O)N2C(C)NCc2ccncc2)C1C. The van der Waals surface area contributed by atoms with Crippen LogP contribution in [0.4, 0.5) is 5.69 Å². The summed E-state index contributed by atoms with van der Waals surface area (Å²) in [6.07, 6.45) is 6.21. The summed E-state index contributed by atoms with van der Waals surface area (Å²) >= 11 is 12.4. The number of nitrogens with one attached hydrogen (secondary N) is 3. The monoisotopic (exact) mass is 642 g/mol. The highest BCUT2D eigenvalue weighted by atomic mass is 35.5. The van der Waals surface area contributed by atoms with Crippen LogP contribution in [-0.4, -0.2) is 69.1 Å². The van der Waals surface area contributed by atoms with E-state index in [2.05, 4.69) is 34.9 Å². The lowest BCUT2D eigenvalue weighted by atomic mass is 9.65. The van der Waals surface area contributed by atoms with Crippen LogP contribution >= 0.6 is 23.2 Å². The number of benzene rings is 1. The first kappa shape index (κ1) is 31.2. The van der Waals surface area contributed by atoms with Gasteiger partial charge in [0.25, 0.3) is 5.91 Å². The second-order valence-corrected chi connectivity index (χ2v) is 13.7. The van der Waals surface area contributed by atoms with E-state index in [0.29, 0.717) is 47.5 Å². The highest BCUT2D eigenvalue weighted by Crippen LogP contribution is 2.57. The van der Waals surface area contributed by atoms with Gasteiger partial charge < -0.3 is 15.0 Å². The van der Waals surface area contributed by atoms with Crippen molar-refractivity contribution in [2.24, 2.45) is 17.8 Å². The van der Waals surface area contributed by atoms with Gasteiger partial charge in [0, 0.05) is 53.7 Å². The summed E-state index contributed by atoms with van der Waals surface area (Å²) in [4.78, 5) is 48.2. The number of rotatable bonds is 8. The molecule has 2 bridgehead atoms. The maximum absolute atomic E-state index is 14.6. The minimum Gasteiger partial charge on any atom is -0.370 e. The van der Waals surface area contributed by atoms with Gasteiger partial charge >= 0.3 is 0 Å². The molecular formula is C32H40Cl2N6O4. The fourth-order valence-corrected chi connectivity index (χ4v) is 8.18. The molecule has 0 saturated carbocycles. The van der Waals surface area contributed by atoms with Gasteiger partial charge in [-0.05, 0) is 81.3 Å². The van der Waals surface area contributed by atoms with E-state index in [-0.39, 0.29) is 23.8 Å². The zero-order chi connectivity index (χ0) is 31.2. The number of carbonyl (C=O) groups excluding carboxylic acids is 3. The van der Waals surface area contributed by atoms with Crippen molar-refractivity contribution in [3.05, 3.63) is 58.3 Å². The predicted molar refractivity (Wildman–Crippen MR) is 167 cm³/mol. The Balaban J connectivity index is 1.28. The maximum atomic E-state index is 14.6. The molecule has 2 aromatic rings. The molecule has 0 aliphatic carbocycles. The summed E-state index contributed by atoms with van der Waals surface area (Å²) in [5.41, 5.74) is 3.74. The fourth-order valence-electron chi connectivity index (χ4n) is 7.65. The van der Waals surface area contributed by atoms with Crippen LogP contribution in [-0.2, 0) is 25.7 Å². The van der Waals surface area contributed by atoms with Crippen molar-refractivity contribution < 1.29 is 19.1 Å². The molecule has 8 atom stereocenters. The Labute approximate surface area is 268 Å². The second kappa shape index (κ2) is 12.6. The zero-order valence-electron chi connectivity index (χ0n) is 25.3. The minimum atomic E-state index is -0.889. The highest BCUT2D eigenvalue weighted by Gasteiger charge is 2.69. The first-order valence-electron chi connectivity index (χ1n) is 15.5. The van der Waals surface area contributed by atoms with Gasteiger partial charge in [0.2, 0.25) is 11.8 Å². The molecule has 12 heteroatoms. The number of carbonyl (C=O) groups is 3. The molecule has 236 valence electrons. The fraction of sp³-hybridized carbons (Fsp3) is 0.562. The van der Waals surface area contributed by atoms with Gasteiger partial charge in [-0.1, -0.05) is 30.1 Å². The third-order valence-corrected chi connectivity index (χ3v) is 10.5. The van der Waals surface area contributed by atoms with E-state index in [1.165, 1.54) is 0 Å². The molecule has 3 N–H and O–H groups in total. The van der Waals surface area contributed by atoms with Crippen molar-refractivity contribution >= 4 is 46.6 Å². The number of hydrogen-bond acceptors (Lipinski definition) is 7. The van der Waals surface area contributed by atoms with Crippen LogP contribution in [0.3, 0.4) is 0 Å². The number of pyridine rings is 1. The first-order valence-corrected chi connectivity index (χ1v) is 16.3. The molecule has 1 spiro atoms. The number of piperidine rings is 2. The van der Waals surface area contributed by atoms with E-state index in [0.717, 1.165) is 24.9 Å². The van der Waals surface area contributed by atoms with E-state index in [9.17, 15) is 14.4 Å². The summed E-state index contributed by atoms with van der Waals surface area (Å²) in [6, 6.07) is 8.06. The van der Waals surface area contributed by atoms with E-state index >= 15 is 0 Å². The van der Waals surface area contributed by atoms with Crippen molar-refractivity contribution in [3.8, 4) is 0 Å². The van der Waals surface area contributed by atoms with Crippen LogP contribution in [0.25, 0.3) is 0 Å². The first-order chi connectivity index (χ1) is 21.1. The summed E-state index contributed by atoms with van der Waals surface area (Å²) < 4.78 is 6.54. The summed E-state index contributed by atoms with van der Waals surface area (Å²) in [5.74, 6) is -1.78. The van der Waals surface area contributed by atoms with Crippen LogP contribution in [0.1, 0.15) is 58.4 Å². The lowest BCUT2D eigenvalue weighted by molar-refractivity contribution is -0.168. The highest BCUT2D eigenvalue weighted by molar-refractivity contribution is 6.35. The van der Waals surface area contributed by atoms with Gasteiger partial charge in [-0.3, -0.25) is 30.1 Å². The summed E-state index contributed by atoms with van der Waals surface area (Å²) in [6.45, 7) is 7.45. The van der Waals surface area contributed by atoms with Crippen LogP contribution in [0, 0.1) is 17.8 Å². The Morgan fingerprint density at radius 1 is 1.11 bits per heavy atom. The molecular weight excluding hydrogens is 603 g/mol. The normalized spacial score (nSPS) is 32.3. The van der Waals surface area contributed by atoms with Crippen LogP contribution in [0.5, 0.6) is 0 Å². The lowest BCUT2D eigenvalue weighted by Gasteiger charge is -2.50. The Morgan fingerprint density at radius 2 is 1.84 bits per heavy atom. The number of likely N-dealkylation sites (tertiary alicyclic amines) is 1. The molecule has 1 aromatic carbocycles. The number of hydrazine groups is 1. The molecule has 4 saturated heterocycles. The van der Waals surface area contributed by atoms with Crippen LogP contribution < -0.4 is 16.1 Å². The van der Waals surface area contributed by atoms with Gasteiger partial charge in [0.05, 0.1) is 29.7 Å². The van der Waals surface area contributed by atoms with Crippen molar-refractivity contribution in [1.29, 1.82) is 0 Å². The summed E-state index contributed by atoms with van der Waals surface area (Å²) in [7, 11) is 0. The van der Waals surface area contributed by atoms with Crippen LogP contribution in [0.2, 0.25) is 10.0 Å². The third-order valence-electron chi connectivity index (χ3n) is 10.1. The molecule has 44 heavy (non-hydrogen) atoms. The van der Waals surface area contributed by atoms with Gasteiger partial charge in [0.15, 0.2) is 0 Å². The quantitative estimate of drug-likeness (QED) is 0.391. The lowest BCUT2D eigenvalue weighted by Crippen LogP contribution is -2.69. The van der Waals surface area contributed by atoms with Crippen LogP contribution in [0.15, 0.2) is 42.7 Å². The van der Waals surface area contributed by atoms with E-state index in [1.54, 1.807) is 35.5 Å². The van der Waals surface area contributed by atoms with Crippen molar-refractivity contribution in [2.45, 2.75) is 89.4 Å². The van der Waals surface area contributed by atoms with Crippen molar-refractivity contribution in [3.63, 3.8) is 0 Å². The second-order valence-electron chi connectivity index (χ2n) is 12.8. The van der Waals surface area contributed by atoms with Gasteiger partial charge in [0.1, 0.15) is 6.04 Å². The third kappa shape index (κ3) is 5.95. The molecule has 4 aliphatic rings. The van der Waals surface area contributed by atoms with E-state index < -0.39 is 35.7 Å². The van der Waals surface area contributed by atoms with Crippen molar-refractivity contribution in [2.75, 3.05) is 11.9 Å². The number of anilines is 1. The molecule has 5 heterocycles. The predicted octanol–water partition coefficient (Wildman–Crippen LogP) is 4.38. The molecule has 0 radical (unpaired) electrons. The van der Waals surface area contributed by atoms with E-state index in [4.69, 9.17) is 27.9 Å². The zero-order valence-corrected chi connectivity index (χ0v) is 26.8. The number of hydrogen-bond donors (Lipinski definition) is 3. The Kier molecular flexibility index (Phi) is 8.91.